The van der Waals surface area contributed by atoms with Crippen molar-refractivity contribution in [3.05, 3.63) is 48.0 Å². The Morgan fingerprint density at radius 1 is 0.750 bits per heavy atom. The first-order valence-corrected chi connectivity index (χ1v) is 11.1. The minimum Gasteiger partial charge on any atom is -0.388 e. The Labute approximate surface area is 178 Å². The first-order chi connectivity index (χ1) is 13.2. The van der Waals surface area contributed by atoms with Crippen molar-refractivity contribution in [3.8, 4) is 0 Å². The molecule has 0 spiro atoms. The number of rotatable bonds is 14. The quantitative estimate of drug-likeness (QED) is 0.337. The van der Waals surface area contributed by atoms with Gasteiger partial charge < -0.3 is 10.0 Å². The maximum atomic E-state index is 10.7. The third-order valence-corrected chi connectivity index (χ3v) is 5.53. The largest absolute Gasteiger partial charge is 0.388 e. The Bertz CT molecular complexity index is 633. The molecule has 1 unspecified atom stereocenters. The summed E-state index contributed by atoms with van der Waals surface area (Å²) in [5.74, 6) is 0. The summed E-state index contributed by atoms with van der Waals surface area (Å²) >= 11 is 0. The topological polar surface area (TPSA) is 23.5 Å². The molecule has 2 aromatic carbocycles. The van der Waals surface area contributed by atoms with Crippen LogP contribution in [0.4, 0.5) is 0 Å². The van der Waals surface area contributed by atoms with Crippen molar-refractivity contribution in [2.75, 3.05) is 19.6 Å². The van der Waals surface area contributed by atoms with E-state index in [4.69, 9.17) is 0 Å². The van der Waals surface area contributed by atoms with Crippen molar-refractivity contribution < 1.29 is 5.11 Å². The number of hydrogen-bond acceptors (Lipinski definition) is 2. The van der Waals surface area contributed by atoms with Crippen LogP contribution in [0.15, 0.2) is 42.5 Å². The van der Waals surface area contributed by atoms with Crippen LogP contribution in [0.5, 0.6) is 0 Å². The lowest BCUT2D eigenvalue weighted by atomic mass is 10.0. The van der Waals surface area contributed by atoms with Gasteiger partial charge in [-0.25, -0.2) is 0 Å². The van der Waals surface area contributed by atoms with Gasteiger partial charge >= 0.3 is 0 Å². The van der Waals surface area contributed by atoms with Gasteiger partial charge in [0.25, 0.3) is 0 Å². The maximum Gasteiger partial charge on any atom is 0.0802 e. The normalized spacial score (nSPS) is 12.3. The van der Waals surface area contributed by atoms with Gasteiger partial charge in [-0.1, -0.05) is 88.8 Å². The SMILES string of the molecule is CCCCCCN(CCCCCC)CCC(O)c1ccc2ccccc2c1.Cl. The van der Waals surface area contributed by atoms with Gasteiger partial charge in [0.05, 0.1) is 6.10 Å². The molecule has 0 aliphatic carbocycles. The van der Waals surface area contributed by atoms with E-state index in [1.165, 1.54) is 75.2 Å². The fraction of sp³-hybridized carbons (Fsp3) is 0.600. The second-order valence-electron chi connectivity index (χ2n) is 7.87. The van der Waals surface area contributed by atoms with Crippen LogP contribution in [0.3, 0.4) is 0 Å². The van der Waals surface area contributed by atoms with Gasteiger partial charge in [-0.3, -0.25) is 0 Å². The highest BCUT2D eigenvalue weighted by Crippen LogP contribution is 2.23. The molecule has 0 saturated carbocycles. The molecule has 0 heterocycles. The van der Waals surface area contributed by atoms with Crippen molar-refractivity contribution in [1.29, 1.82) is 0 Å². The Hall–Kier alpha value is -1.09. The lowest BCUT2D eigenvalue weighted by Crippen LogP contribution is -2.28. The van der Waals surface area contributed by atoms with Crippen LogP contribution >= 0.6 is 12.4 Å². The molecule has 1 atom stereocenters. The molecule has 0 amide bonds. The van der Waals surface area contributed by atoms with E-state index in [2.05, 4.69) is 61.2 Å². The number of benzene rings is 2. The highest BCUT2D eigenvalue weighted by atomic mass is 35.5. The molecule has 0 aliphatic heterocycles. The first-order valence-electron chi connectivity index (χ1n) is 11.1. The minimum absolute atomic E-state index is 0. The zero-order chi connectivity index (χ0) is 19.3. The third-order valence-electron chi connectivity index (χ3n) is 5.53. The fourth-order valence-corrected chi connectivity index (χ4v) is 3.75. The molecule has 0 aromatic heterocycles. The first kappa shape index (κ1) is 24.9. The van der Waals surface area contributed by atoms with Crippen molar-refractivity contribution in [2.45, 2.75) is 77.7 Å². The van der Waals surface area contributed by atoms with Gasteiger partial charge in [0.15, 0.2) is 0 Å². The van der Waals surface area contributed by atoms with E-state index in [9.17, 15) is 5.11 Å². The van der Waals surface area contributed by atoms with E-state index in [0.29, 0.717) is 0 Å². The highest BCUT2D eigenvalue weighted by molar-refractivity contribution is 5.85. The van der Waals surface area contributed by atoms with Gasteiger partial charge in [0.2, 0.25) is 0 Å². The predicted octanol–water partition coefficient (Wildman–Crippen LogP) is 7.15. The van der Waals surface area contributed by atoms with Crippen LogP contribution in [-0.4, -0.2) is 29.6 Å². The van der Waals surface area contributed by atoms with Gasteiger partial charge in [-0.15, -0.1) is 12.4 Å². The summed E-state index contributed by atoms with van der Waals surface area (Å²) in [6.45, 7) is 7.88. The number of unbranched alkanes of at least 4 members (excludes halogenated alkanes) is 6. The third kappa shape index (κ3) is 8.94. The molecule has 158 valence electrons. The maximum absolute atomic E-state index is 10.7. The second-order valence-corrected chi connectivity index (χ2v) is 7.87. The number of aliphatic hydroxyl groups is 1. The Morgan fingerprint density at radius 2 is 1.36 bits per heavy atom. The smallest absolute Gasteiger partial charge is 0.0802 e. The van der Waals surface area contributed by atoms with Gasteiger partial charge in [-0.2, -0.15) is 0 Å². The predicted molar refractivity (Wildman–Crippen MR) is 125 cm³/mol. The van der Waals surface area contributed by atoms with E-state index in [-0.39, 0.29) is 18.5 Å². The minimum atomic E-state index is -0.372. The molecular formula is C25H40ClNO. The fourth-order valence-electron chi connectivity index (χ4n) is 3.75. The van der Waals surface area contributed by atoms with E-state index >= 15 is 0 Å². The molecule has 0 aliphatic rings. The Balaban J connectivity index is 0.00000392. The Kier molecular flexibility index (Phi) is 13.2. The number of hydrogen-bond donors (Lipinski definition) is 1. The second kappa shape index (κ2) is 14.8. The van der Waals surface area contributed by atoms with Crippen molar-refractivity contribution in [1.82, 2.24) is 4.90 Å². The summed E-state index contributed by atoms with van der Waals surface area (Å²) in [5.41, 5.74) is 1.05. The van der Waals surface area contributed by atoms with E-state index in [1.807, 2.05) is 0 Å². The van der Waals surface area contributed by atoms with Gasteiger partial charge in [0.1, 0.15) is 0 Å². The molecule has 0 radical (unpaired) electrons. The van der Waals surface area contributed by atoms with Crippen LogP contribution < -0.4 is 0 Å². The van der Waals surface area contributed by atoms with Crippen LogP contribution in [0.2, 0.25) is 0 Å². The summed E-state index contributed by atoms with van der Waals surface area (Å²) in [5, 5.41) is 13.2. The van der Waals surface area contributed by atoms with E-state index in [1.54, 1.807) is 0 Å². The number of halogens is 1. The van der Waals surface area contributed by atoms with Crippen LogP contribution in [0.1, 0.15) is 83.3 Å². The monoisotopic (exact) mass is 405 g/mol. The molecule has 28 heavy (non-hydrogen) atoms. The average molecular weight is 406 g/mol. The highest BCUT2D eigenvalue weighted by Gasteiger charge is 2.12. The van der Waals surface area contributed by atoms with Crippen LogP contribution in [0.25, 0.3) is 10.8 Å². The number of aliphatic hydroxyl groups excluding tert-OH is 1. The van der Waals surface area contributed by atoms with E-state index < -0.39 is 0 Å². The lowest BCUT2D eigenvalue weighted by molar-refractivity contribution is 0.140. The molecule has 2 aromatic rings. The summed E-state index contributed by atoms with van der Waals surface area (Å²) in [4.78, 5) is 2.58. The summed E-state index contributed by atoms with van der Waals surface area (Å²) < 4.78 is 0. The summed E-state index contributed by atoms with van der Waals surface area (Å²) in [6, 6.07) is 14.7. The zero-order valence-corrected chi connectivity index (χ0v) is 18.7. The summed E-state index contributed by atoms with van der Waals surface area (Å²) in [6.07, 6.45) is 10.9. The zero-order valence-electron chi connectivity index (χ0n) is 17.9. The van der Waals surface area contributed by atoms with Crippen molar-refractivity contribution in [3.63, 3.8) is 0 Å². The van der Waals surface area contributed by atoms with Crippen molar-refractivity contribution in [2.24, 2.45) is 0 Å². The molecule has 0 fully saturated rings. The molecule has 0 saturated heterocycles. The standard InChI is InChI=1S/C25H39NO.ClH/c1-3-5-7-11-18-26(19-12-8-6-4-2)20-17-25(27)24-16-15-22-13-9-10-14-23(22)21-24;/h9-10,13-16,21,25,27H,3-8,11-12,17-20H2,1-2H3;1H. The molecule has 1 N–H and O–H groups in total. The molecule has 2 rings (SSSR count). The van der Waals surface area contributed by atoms with E-state index in [0.717, 1.165) is 18.5 Å². The molecule has 3 heteroatoms. The van der Waals surface area contributed by atoms with Crippen LogP contribution in [0, 0.1) is 0 Å². The van der Waals surface area contributed by atoms with Crippen LogP contribution in [-0.2, 0) is 0 Å². The lowest BCUT2D eigenvalue weighted by Gasteiger charge is -2.24. The Morgan fingerprint density at radius 3 is 1.96 bits per heavy atom. The molecule has 0 bridgehead atoms. The van der Waals surface area contributed by atoms with Gasteiger partial charge in [-0.05, 0) is 54.8 Å². The summed E-state index contributed by atoms with van der Waals surface area (Å²) in [7, 11) is 0. The number of fused-ring (bicyclic) bond motifs is 1. The molecular weight excluding hydrogens is 366 g/mol. The van der Waals surface area contributed by atoms with Crippen molar-refractivity contribution >= 4 is 23.2 Å². The van der Waals surface area contributed by atoms with Gasteiger partial charge in [0, 0.05) is 6.54 Å². The average Bonchev–Trinajstić information content (AvgIpc) is 2.71. The number of nitrogens with zero attached hydrogens (tertiary/aromatic N) is 1. The molecule has 2 nitrogen and oxygen atoms in total.